The van der Waals surface area contributed by atoms with Gasteiger partial charge in [-0.05, 0) is 61.4 Å². The minimum atomic E-state index is -1.18. The lowest BCUT2D eigenvalue weighted by atomic mass is 10.0. The number of hydrogen-bond donors (Lipinski definition) is 6. The fourth-order valence-electron chi connectivity index (χ4n) is 4.20. The van der Waals surface area contributed by atoms with Crippen LogP contribution in [0.1, 0.15) is 25.7 Å². The number of nitrogens with one attached hydrogen (secondary N) is 4. The van der Waals surface area contributed by atoms with E-state index in [9.17, 15) is 33.6 Å². The van der Waals surface area contributed by atoms with Crippen molar-refractivity contribution in [3.8, 4) is 0 Å². The minimum absolute atomic E-state index is 0.00171. The molecule has 0 fully saturated rings. The third-order valence-corrected chi connectivity index (χ3v) is 6.67. The molecule has 0 bridgehead atoms. The van der Waals surface area contributed by atoms with Crippen LogP contribution in [0.3, 0.4) is 0 Å². The Morgan fingerprint density at radius 1 is 0.796 bits per heavy atom. The first-order valence-electron chi connectivity index (χ1n) is 14.9. The van der Waals surface area contributed by atoms with E-state index in [1.165, 1.54) is 7.11 Å². The smallest absolute Gasteiger partial charge is 0.320 e. The topological polar surface area (TPSA) is 260 Å². The summed E-state index contributed by atoms with van der Waals surface area (Å²) < 4.78 is 0. The molecule has 0 unspecified atom stereocenters. The molecule has 18 nitrogen and oxygen atoms in total. The standard InChI is InChI=1S/C31H36N8O10/c1-48-49-23(15-24(32)31(46)47)3-2-4-25(40)33-16-26(41)34-17-27(42)35-19-5-9-21(10-6-19)37-38-22-11-7-20(8-12-22)36-28(43)18-39-29(44)13-14-30(39)45/h5-14,23-24H,2-4,15-18,32H2,1H3,(H,33,40)(H,34,41)(H,35,42)(H,36,43)(H,46,47)/t23-,24+/m1/s1. The average Bonchev–Trinajstić information content (AvgIpc) is 3.38. The summed E-state index contributed by atoms with van der Waals surface area (Å²) in [6, 6.07) is 11.7. The molecule has 1 aliphatic rings. The number of hydrogen-bond acceptors (Lipinski definition) is 12. The van der Waals surface area contributed by atoms with Gasteiger partial charge < -0.3 is 32.1 Å². The Morgan fingerprint density at radius 2 is 1.31 bits per heavy atom. The van der Waals surface area contributed by atoms with Crippen LogP contribution in [-0.4, -0.2) is 90.3 Å². The Labute approximate surface area is 280 Å². The lowest BCUT2D eigenvalue weighted by Crippen LogP contribution is -2.40. The zero-order valence-corrected chi connectivity index (χ0v) is 26.4. The van der Waals surface area contributed by atoms with Gasteiger partial charge in [0.2, 0.25) is 23.6 Å². The van der Waals surface area contributed by atoms with Crippen LogP contribution in [0, 0.1) is 0 Å². The van der Waals surface area contributed by atoms with E-state index < -0.39 is 60.1 Å². The van der Waals surface area contributed by atoms with Crippen molar-refractivity contribution < 1.29 is 48.4 Å². The van der Waals surface area contributed by atoms with Crippen molar-refractivity contribution in [2.75, 3.05) is 37.4 Å². The predicted octanol–water partition coefficient (Wildman–Crippen LogP) is 1.06. The highest BCUT2D eigenvalue weighted by molar-refractivity contribution is 6.15. The predicted molar refractivity (Wildman–Crippen MR) is 172 cm³/mol. The number of carboxylic acids is 1. The monoisotopic (exact) mass is 680 g/mol. The molecule has 18 heteroatoms. The van der Waals surface area contributed by atoms with Gasteiger partial charge in [0.05, 0.1) is 37.7 Å². The Bertz CT molecular complexity index is 1560. The first-order valence-corrected chi connectivity index (χ1v) is 14.9. The summed E-state index contributed by atoms with van der Waals surface area (Å²) in [5.74, 6) is -4.30. The van der Waals surface area contributed by atoms with Crippen molar-refractivity contribution >= 4 is 64.2 Å². The SMILES string of the molecule is COO[C@H](CCCC(=O)NCC(=O)NCC(=O)Nc1ccc(N=Nc2ccc(NC(=O)CN3C(=O)C=CC3=O)cc2)cc1)C[C@H](N)C(=O)O. The van der Waals surface area contributed by atoms with Gasteiger partial charge in [0.25, 0.3) is 11.8 Å². The van der Waals surface area contributed by atoms with E-state index in [2.05, 4.69) is 36.4 Å². The molecule has 0 saturated carbocycles. The van der Waals surface area contributed by atoms with Crippen LogP contribution in [0.25, 0.3) is 0 Å². The van der Waals surface area contributed by atoms with Crippen molar-refractivity contribution in [2.24, 2.45) is 16.0 Å². The van der Waals surface area contributed by atoms with E-state index in [-0.39, 0.29) is 25.9 Å². The number of benzene rings is 2. The number of carbonyl (C=O) groups excluding carboxylic acids is 6. The van der Waals surface area contributed by atoms with Gasteiger partial charge in [0.1, 0.15) is 12.6 Å². The zero-order chi connectivity index (χ0) is 35.8. The van der Waals surface area contributed by atoms with Gasteiger partial charge in [-0.3, -0.25) is 38.5 Å². The van der Waals surface area contributed by atoms with Crippen molar-refractivity contribution in [2.45, 2.75) is 37.8 Å². The maximum atomic E-state index is 12.3. The fraction of sp³-hybridized carbons (Fsp3) is 0.323. The molecule has 7 N–H and O–H groups in total. The highest BCUT2D eigenvalue weighted by Crippen LogP contribution is 2.22. The number of carbonyl (C=O) groups is 7. The Hall–Kier alpha value is -5.85. The van der Waals surface area contributed by atoms with Gasteiger partial charge in [0.15, 0.2) is 0 Å². The first kappa shape index (κ1) is 37.6. The van der Waals surface area contributed by atoms with Crippen molar-refractivity contribution in [1.82, 2.24) is 15.5 Å². The number of imide groups is 1. The van der Waals surface area contributed by atoms with Crippen molar-refractivity contribution in [3.05, 3.63) is 60.7 Å². The quantitative estimate of drug-likeness (QED) is 0.0529. The molecule has 0 aliphatic carbocycles. The maximum Gasteiger partial charge on any atom is 0.320 e. The first-order chi connectivity index (χ1) is 23.4. The second kappa shape index (κ2) is 19.1. The molecule has 0 aromatic heterocycles. The van der Waals surface area contributed by atoms with Gasteiger partial charge in [-0.1, -0.05) is 0 Å². The summed E-state index contributed by atoms with van der Waals surface area (Å²) in [7, 11) is 1.28. The number of aliphatic carboxylic acids is 1. The van der Waals surface area contributed by atoms with Crippen LogP contribution in [0.5, 0.6) is 0 Å². The van der Waals surface area contributed by atoms with Crippen LogP contribution in [-0.2, 0) is 43.3 Å². The van der Waals surface area contributed by atoms with Crippen LogP contribution < -0.4 is 27.0 Å². The number of anilines is 2. The van der Waals surface area contributed by atoms with Gasteiger partial charge in [-0.25, -0.2) is 9.78 Å². The summed E-state index contributed by atoms with van der Waals surface area (Å²) in [5.41, 5.74) is 7.36. The van der Waals surface area contributed by atoms with E-state index >= 15 is 0 Å². The number of azo groups is 1. The highest BCUT2D eigenvalue weighted by Gasteiger charge is 2.25. The maximum absolute atomic E-state index is 12.3. The Morgan fingerprint density at radius 3 is 1.84 bits per heavy atom. The van der Waals surface area contributed by atoms with E-state index in [1.54, 1.807) is 48.5 Å². The van der Waals surface area contributed by atoms with Gasteiger partial charge in [-0.15, -0.1) is 0 Å². The van der Waals surface area contributed by atoms with Crippen LogP contribution in [0.4, 0.5) is 22.7 Å². The molecule has 3 rings (SSSR count). The fourth-order valence-corrected chi connectivity index (χ4v) is 4.20. The molecule has 0 saturated heterocycles. The summed E-state index contributed by atoms with van der Waals surface area (Å²) in [6.45, 7) is -1.08. The number of nitrogens with zero attached hydrogens (tertiary/aromatic N) is 3. The molecule has 2 aromatic carbocycles. The second-order valence-corrected chi connectivity index (χ2v) is 10.5. The summed E-state index contributed by atoms with van der Waals surface area (Å²) in [5, 5.41) is 27.2. The molecule has 0 spiro atoms. The average molecular weight is 681 g/mol. The van der Waals surface area contributed by atoms with E-state index in [0.717, 1.165) is 17.1 Å². The Kier molecular flexibility index (Phi) is 14.6. The molecule has 49 heavy (non-hydrogen) atoms. The molecule has 1 heterocycles. The largest absolute Gasteiger partial charge is 0.480 e. The lowest BCUT2D eigenvalue weighted by molar-refractivity contribution is -0.307. The summed E-state index contributed by atoms with van der Waals surface area (Å²) >= 11 is 0. The third kappa shape index (κ3) is 13.4. The number of carboxylic acid groups (broad SMARTS) is 1. The normalized spacial score (nSPS) is 13.6. The van der Waals surface area contributed by atoms with Gasteiger partial charge in [-0.2, -0.15) is 10.2 Å². The van der Waals surface area contributed by atoms with E-state index in [0.29, 0.717) is 35.6 Å². The van der Waals surface area contributed by atoms with E-state index in [1.807, 2.05) is 0 Å². The van der Waals surface area contributed by atoms with Crippen LogP contribution in [0.2, 0.25) is 0 Å². The number of nitrogens with two attached hydrogens (primary N) is 1. The van der Waals surface area contributed by atoms with Gasteiger partial charge in [0, 0.05) is 36.4 Å². The molecule has 2 aromatic rings. The summed E-state index contributed by atoms with van der Waals surface area (Å²) in [4.78, 5) is 93.0. The second-order valence-electron chi connectivity index (χ2n) is 10.5. The molecule has 2 atom stereocenters. The highest BCUT2D eigenvalue weighted by atomic mass is 17.2. The molecule has 1 aliphatic heterocycles. The van der Waals surface area contributed by atoms with Crippen LogP contribution >= 0.6 is 0 Å². The molecular formula is C31H36N8O10. The molecular weight excluding hydrogens is 644 g/mol. The number of rotatable bonds is 19. The minimum Gasteiger partial charge on any atom is -0.480 e. The Balaban J connectivity index is 1.32. The van der Waals surface area contributed by atoms with Gasteiger partial charge >= 0.3 is 5.97 Å². The number of amides is 6. The summed E-state index contributed by atoms with van der Waals surface area (Å²) in [6.07, 6.45) is 2.28. The lowest BCUT2D eigenvalue weighted by Gasteiger charge is -2.17. The van der Waals surface area contributed by atoms with Crippen molar-refractivity contribution in [3.63, 3.8) is 0 Å². The van der Waals surface area contributed by atoms with Crippen LogP contribution in [0.15, 0.2) is 70.9 Å². The van der Waals surface area contributed by atoms with E-state index in [4.69, 9.17) is 15.7 Å². The zero-order valence-electron chi connectivity index (χ0n) is 26.4. The van der Waals surface area contributed by atoms with Crippen molar-refractivity contribution in [1.29, 1.82) is 0 Å². The molecule has 0 radical (unpaired) electrons. The third-order valence-electron chi connectivity index (χ3n) is 6.67. The molecule has 260 valence electrons. The molecule has 6 amide bonds.